The van der Waals surface area contributed by atoms with Gasteiger partial charge in [0.1, 0.15) is 0 Å². The molecule has 0 aliphatic carbocycles. The van der Waals surface area contributed by atoms with E-state index in [1.54, 1.807) is 29.9 Å². The van der Waals surface area contributed by atoms with Crippen molar-refractivity contribution in [3.8, 4) is 0 Å². The van der Waals surface area contributed by atoms with Gasteiger partial charge in [-0.15, -0.1) is 0 Å². The molecule has 3 heterocycles. The Bertz CT molecular complexity index is 1040. The summed E-state index contributed by atoms with van der Waals surface area (Å²) in [4.78, 5) is 37.1. The fourth-order valence-corrected chi connectivity index (χ4v) is 4.19. The van der Waals surface area contributed by atoms with Gasteiger partial charge in [-0.3, -0.25) is 29.4 Å². The number of alkyl halides is 2. The third-order valence-corrected chi connectivity index (χ3v) is 5.60. The summed E-state index contributed by atoms with van der Waals surface area (Å²) in [5.74, 6) is -5.37. The molecule has 0 radical (unpaired) electrons. The first-order chi connectivity index (χ1) is 14.2. The van der Waals surface area contributed by atoms with Crippen molar-refractivity contribution in [2.75, 3.05) is 31.1 Å². The number of nitrogens with zero attached hydrogens (tertiary/aromatic N) is 4. The molecule has 160 valence electrons. The van der Waals surface area contributed by atoms with Gasteiger partial charge in [-0.1, -0.05) is 6.07 Å². The van der Waals surface area contributed by atoms with Crippen LogP contribution in [-0.4, -0.2) is 69.8 Å². The van der Waals surface area contributed by atoms with Gasteiger partial charge in [-0.05, 0) is 30.7 Å². The summed E-state index contributed by atoms with van der Waals surface area (Å²) >= 11 is 0. The largest absolute Gasteiger partial charge is 0.480 e. The highest BCUT2D eigenvalue weighted by Crippen LogP contribution is 2.42. The van der Waals surface area contributed by atoms with Gasteiger partial charge in [0.2, 0.25) is 5.91 Å². The predicted octanol–water partition coefficient (Wildman–Crippen LogP) is 1.53. The highest BCUT2D eigenvalue weighted by molar-refractivity contribution is 6.08. The van der Waals surface area contributed by atoms with Crippen LogP contribution in [0.5, 0.6) is 0 Å². The maximum absolute atomic E-state index is 14.9. The highest BCUT2D eigenvalue weighted by atomic mass is 19.3. The number of carboxylic acids is 1. The molecule has 9 nitrogen and oxygen atoms in total. The first-order valence-corrected chi connectivity index (χ1v) is 9.55. The van der Waals surface area contributed by atoms with Crippen molar-refractivity contribution in [1.82, 2.24) is 20.0 Å². The van der Waals surface area contributed by atoms with E-state index >= 15 is 0 Å². The van der Waals surface area contributed by atoms with E-state index in [1.807, 2.05) is 0 Å². The van der Waals surface area contributed by atoms with Crippen LogP contribution in [0, 0.1) is 0 Å². The van der Waals surface area contributed by atoms with Crippen LogP contribution in [0.25, 0.3) is 10.9 Å². The van der Waals surface area contributed by atoms with Crippen LogP contribution in [0.2, 0.25) is 0 Å². The molecule has 0 saturated carbocycles. The Morgan fingerprint density at radius 3 is 2.77 bits per heavy atom. The molecule has 2 saturated heterocycles. The molecule has 2 N–H and O–H groups in total. The molecule has 2 aromatic rings. The van der Waals surface area contributed by atoms with E-state index in [1.165, 1.54) is 9.80 Å². The minimum atomic E-state index is -3.10. The van der Waals surface area contributed by atoms with Crippen molar-refractivity contribution in [3.05, 3.63) is 23.8 Å². The number of aromatic nitrogens is 2. The summed E-state index contributed by atoms with van der Waals surface area (Å²) < 4.78 is 31.3. The number of carboxylic acid groups (broad SMARTS) is 1. The normalized spacial score (nSPS) is 22.4. The molecule has 2 aliphatic heterocycles. The molecular weight excluding hydrogens is 400 g/mol. The molecule has 1 atom stereocenters. The number of likely N-dealkylation sites (tertiary alicyclic amines) is 1. The molecule has 4 rings (SSSR count). The van der Waals surface area contributed by atoms with Gasteiger partial charge < -0.3 is 5.11 Å². The molecule has 30 heavy (non-hydrogen) atoms. The number of piperidine rings is 1. The number of fused-ring (bicyclic) bond motifs is 1. The molecule has 0 spiro atoms. The number of hydrogen-bond acceptors (Lipinski definition) is 5. The number of amides is 3. The average molecular weight is 421 g/mol. The maximum Gasteiger partial charge on any atom is 0.329 e. The van der Waals surface area contributed by atoms with Crippen LogP contribution in [0.4, 0.5) is 19.4 Å². The first-order valence-electron chi connectivity index (χ1n) is 9.55. The fraction of sp³-hybridized carbons (Fsp3) is 0.474. The Kier molecular flexibility index (Phi) is 4.92. The van der Waals surface area contributed by atoms with E-state index in [0.29, 0.717) is 22.3 Å². The lowest BCUT2D eigenvalue weighted by molar-refractivity contribution is -0.142. The van der Waals surface area contributed by atoms with E-state index in [9.17, 15) is 23.2 Å². The van der Waals surface area contributed by atoms with E-state index in [2.05, 4.69) is 10.4 Å². The van der Waals surface area contributed by atoms with Crippen LogP contribution in [-0.2, 0) is 16.6 Å². The van der Waals surface area contributed by atoms with Crippen LogP contribution in [0.3, 0.4) is 0 Å². The summed E-state index contributed by atoms with van der Waals surface area (Å²) in [6, 6.07) is 4.34. The number of anilines is 1. The summed E-state index contributed by atoms with van der Waals surface area (Å²) in [6.45, 7) is -0.638. The third-order valence-electron chi connectivity index (χ3n) is 5.60. The minimum absolute atomic E-state index is 0.111. The Labute approximate surface area is 170 Å². The minimum Gasteiger partial charge on any atom is -0.480 e. The lowest BCUT2D eigenvalue weighted by atomic mass is 9.85. The molecule has 2 aliphatic rings. The SMILES string of the molecule is Cn1nc(N2CCC(=O)NC2=O)c2cc(C3CCN(CC(=O)O)CC3(F)F)ccc21. The number of carbonyl (C=O) groups excluding carboxylic acids is 2. The molecule has 3 amide bonds. The number of rotatable bonds is 4. The highest BCUT2D eigenvalue weighted by Gasteiger charge is 2.45. The van der Waals surface area contributed by atoms with Gasteiger partial charge in [0.25, 0.3) is 5.92 Å². The Balaban J connectivity index is 1.67. The van der Waals surface area contributed by atoms with E-state index in [0.717, 1.165) is 0 Å². The van der Waals surface area contributed by atoms with Crippen LogP contribution < -0.4 is 10.2 Å². The van der Waals surface area contributed by atoms with Crippen LogP contribution in [0.15, 0.2) is 18.2 Å². The monoisotopic (exact) mass is 421 g/mol. The number of hydrogen-bond donors (Lipinski definition) is 2. The summed E-state index contributed by atoms with van der Waals surface area (Å²) in [5.41, 5.74) is 1.08. The summed E-state index contributed by atoms with van der Waals surface area (Å²) in [6.07, 6.45) is 0.240. The predicted molar refractivity (Wildman–Crippen MR) is 103 cm³/mol. The number of urea groups is 1. The Morgan fingerprint density at radius 2 is 2.10 bits per heavy atom. The zero-order chi connectivity index (χ0) is 21.6. The number of benzene rings is 1. The maximum atomic E-state index is 14.9. The van der Waals surface area contributed by atoms with Crippen molar-refractivity contribution in [1.29, 1.82) is 0 Å². The van der Waals surface area contributed by atoms with E-state index < -0.39 is 36.9 Å². The van der Waals surface area contributed by atoms with Gasteiger partial charge in [0, 0.05) is 25.4 Å². The lowest BCUT2D eigenvalue weighted by Gasteiger charge is -2.38. The van der Waals surface area contributed by atoms with Crippen molar-refractivity contribution >= 4 is 34.6 Å². The number of carbonyl (C=O) groups is 3. The summed E-state index contributed by atoms with van der Waals surface area (Å²) in [7, 11) is 1.69. The number of aryl methyl sites for hydroxylation is 1. The molecule has 0 bridgehead atoms. The van der Waals surface area contributed by atoms with Gasteiger partial charge in [-0.25, -0.2) is 13.6 Å². The van der Waals surface area contributed by atoms with E-state index in [-0.39, 0.29) is 31.8 Å². The zero-order valence-corrected chi connectivity index (χ0v) is 16.3. The van der Waals surface area contributed by atoms with Gasteiger partial charge in [-0.2, -0.15) is 5.10 Å². The van der Waals surface area contributed by atoms with Crippen molar-refractivity contribution < 1.29 is 28.3 Å². The number of imide groups is 1. The number of halogens is 2. The molecule has 1 unspecified atom stereocenters. The van der Waals surface area contributed by atoms with E-state index in [4.69, 9.17) is 5.11 Å². The van der Waals surface area contributed by atoms with Crippen molar-refractivity contribution in [2.24, 2.45) is 7.05 Å². The lowest BCUT2D eigenvalue weighted by Crippen LogP contribution is -2.49. The van der Waals surface area contributed by atoms with Crippen LogP contribution in [0.1, 0.15) is 24.3 Å². The Morgan fingerprint density at radius 1 is 1.33 bits per heavy atom. The molecular formula is C19H21F2N5O4. The quantitative estimate of drug-likeness (QED) is 0.775. The second kappa shape index (κ2) is 7.31. The second-order valence-corrected chi connectivity index (χ2v) is 7.69. The molecule has 2 fully saturated rings. The number of aliphatic carboxylic acids is 1. The van der Waals surface area contributed by atoms with Crippen molar-refractivity contribution in [2.45, 2.75) is 24.7 Å². The average Bonchev–Trinajstić information content (AvgIpc) is 2.96. The topological polar surface area (TPSA) is 108 Å². The smallest absolute Gasteiger partial charge is 0.329 e. The molecule has 1 aromatic heterocycles. The molecule has 1 aromatic carbocycles. The Hall–Kier alpha value is -3.08. The molecule has 11 heteroatoms. The second-order valence-electron chi connectivity index (χ2n) is 7.69. The fourth-order valence-electron chi connectivity index (χ4n) is 4.19. The van der Waals surface area contributed by atoms with Crippen LogP contribution >= 0.6 is 0 Å². The summed E-state index contributed by atoms with van der Waals surface area (Å²) in [5, 5.41) is 16.0. The van der Waals surface area contributed by atoms with Crippen molar-refractivity contribution in [3.63, 3.8) is 0 Å². The number of nitrogens with one attached hydrogen (secondary N) is 1. The zero-order valence-electron chi connectivity index (χ0n) is 16.3. The first kappa shape index (κ1) is 20.2. The standard InChI is InChI=1S/C19H21F2N5O4/c1-24-14-3-2-11(13-4-6-25(9-16(28)29)10-19(13,20)21)8-12(14)17(23-24)26-7-5-15(27)22-18(26)30/h2-3,8,13H,4-7,9-10H2,1H3,(H,28,29)(H,22,27,30). The van der Waals surface area contributed by atoms with Gasteiger partial charge in [0.05, 0.1) is 24.5 Å². The van der Waals surface area contributed by atoms with Gasteiger partial charge >= 0.3 is 12.0 Å². The van der Waals surface area contributed by atoms with Gasteiger partial charge in [0.15, 0.2) is 5.82 Å². The third kappa shape index (κ3) is 3.60.